The summed E-state index contributed by atoms with van der Waals surface area (Å²) >= 11 is 0. The zero-order chi connectivity index (χ0) is 30.8. The normalized spacial score (nSPS) is 11.3. The Kier molecular flexibility index (Phi) is 7.44. The molecule has 7 aromatic rings. The van der Waals surface area contributed by atoms with Gasteiger partial charge in [-0.1, -0.05) is 20.8 Å². The molecule has 45 heavy (non-hydrogen) atoms. The first-order valence-corrected chi connectivity index (χ1v) is 14.6. The summed E-state index contributed by atoms with van der Waals surface area (Å²) < 4.78 is 19.0. The van der Waals surface area contributed by atoms with Gasteiger partial charge in [-0.05, 0) is 72.4 Å². The predicted molar refractivity (Wildman–Crippen MR) is 164 cm³/mol. The van der Waals surface area contributed by atoms with Crippen molar-refractivity contribution in [3.05, 3.63) is 90.3 Å². The third-order valence-electron chi connectivity index (χ3n) is 7.51. The van der Waals surface area contributed by atoms with Gasteiger partial charge in [-0.15, -0.1) is 30.6 Å². The van der Waals surface area contributed by atoms with Crippen LogP contribution in [0.5, 0.6) is 0 Å². The van der Waals surface area contributed by atoms with Gasteiger partial charge in [-0.25, -0.2) is 0 Å². The van der Waals surface area contributed by atoms with Crippen molar-refractivity contribution in [2.24, 2.45) is 0 Å². The summed E-state index contributed by atoms with van der Waals surface area (Å²) in [6.45, 7) is 6.22. The summed E-state index contributed by atoms with van der Waals surface area (Å²) in [7, 11) is 0. The van der Waals surface area contributed by atoms with Crippen LogP contribution in [-0.2, 0) is 19.3 Å². The number of hydrogen-bond donors (Lipinski definition) is 0. The Hall–Kier alpha value is -5.91. The van der Waals surface area contributed by atoms with Crippen molar-refractivity contribution in [2.75, 3.05) is 0 Å². The van der Waals surface area contributed by atoms with Gasteiger partial charge in [0.2, 0.25) is 35.3 Å². The van der Waals surface area contributed by atoms with Gasteiger partial charge in [0, 0.05) is 53.9 Å². The molecular weight excluding hydrogens is 570 g/mol. The summed E-state index contributed by atoms with van der Waals surface area (Å²) in [5.74, 6) is 2.14. The van der Waals surface area contributed by atoms with E-state index in [9.17, 15) is 0 Å². The standard InChI is InChI=1S/C33H27N9O3/c1-4-22-25(31-40-37-28(43-31)19-10-7-13-34-16-19)23(5-2)27(33-42-39-30(45-33)21-12-9-15-36-18-21)24(6-3)26(22)32-41-38-29(44-32)20-11-8-14-35-17-20/h7-18H,4-6H2,1-3H3. The summed E-state index contributed by atoms with van der Waals surface area (Å²) in [5, 5.41) is 26.7. The molecule has 0 radical (unpaired) electrons. The first kappa shape index (κ1) is 27.9. The van der Waals surface area contributed by atoms with Crippen LogP contribution in [0.25, 0.3) is 68.7 Å². The van der Waals surface area contributed by atoms with Crippen molar-refractivity contribution in [1.82, 2.24) is 45.5 Å². The molecular formula is C33H27N9O3. The van der Waals surface area contributed by atoms with Crippen molar-refractivity contribution < 1.29 is 13.3 Å². The molecule has 7 rings (SSSR count). The highest BCUT2D eigenvalue weighted by Crippen LogP contribution is 2.45. The minimum atomic E-state index is 0.353. The van der Waals surface area contributed by atoms with E-state index in [1.807, 2.05) is 36.4 Å². The quantitative estimate of drug-likeness (QED) is 0.174. The molecule has 1 aromatic carbocycles. The van der Waals surface area contributed by atoms with E-state index in [4.69, 9.17) is 13.3 Å². The van der Waals surface area contributed by atoms with Crippen LogP contribution in [0.1, 0.15) is 37.5 Å². The first-order chi connectivity index (χ1) is 22.2. The van der Waals surface area contributed by atoms with Crippen molar-refractivity contribution >= 4 is 0 Å². The number of aromatic nitrogens is 9. The number of benzene rings is 1. The predicted octanol–water partition coefficient (Wildman–Crippen LogP) is 6.71. The van der Waals surface area contributed by atoms with E-state index in [-0.39, 0.29) is 0 Å². The Morgan fingerprint density at radius 1 is 0.422 bits per heavy atom. The Morgan fingerprint density at radius 2 is 0.711 bits per heavy atom. The topological polar surface area (TPSA) is 155 Å². The van der Waals surface area contributed by atoms with Gasteiger partial charge >= 0.3 is 0 Å². The van der Waals surface area contributed by atoms with Gasteiger partial charge in [-0.3, -0.25) is 15.0 Å². The molecule has 0 aliphatic rings. The highest BCUT2D eigenvalue weighted by Gasteiger charge is 2.31. The van der Waals surface area contributed by atoms with Crippen LogP contribution in [0.2, 0.25) is 0 Å². The average molecular weight is 598 g/mol. The lowest BCUT2D eigenvalue weighted by Gasteiger charge is -2.21. The molecule has 0 atom stereocenters. The SMILES string of the molecule is CCc1c(-c2nnc(-c3cccnc3)o2)c(CC)c(-c2nnc(-c3cccnc3)o2)c(CC)c1-c1nnc(-c2cccnc2)o1. The van der Waals surface area contributed by atoms with Crippen molar-refractivity contribution in [3.63, 3.8) is 0 Å². The van der Waals surface area contributed by atoms with Crippen molar-refractivity contribution in [3.8, 4) is 68.7 Å². The highest BCUT2D eigenvalue weighted by atomic mass is 16.4. The second kappa shape index (κ2) is 12.0. The molecule has 0 spiro atoms. The lowest BCUT2D eigenvalue weighted by molar-refractivity contribution is 0.576. The lowest BCUT2D eigenvalue weighted by atomic mass is 9.83. The second-order valence-electron chi connectivity index (χ2n) is 10.1. The monoisotopic (exact) mass is 597 g/mol. The number of rotatable bonds is 9. The first-order valence-electron chi connectivity index (χ1n) is 14.6. The van der Waals surface area contributed by atoms with E-state index in [1.165, 1.54) is 0 Å². The minimum absolute atomic E-state index is 0.353. The maximum absolute atomic E-state index is 6.33. The summed E-state index contributed by atoms with van der Waals surface area (Å²) in [5.41, 5.74) is 7.26. The van der Waals surface area contributed by atoms with E-state index < -0.39 is 0 Å². The summed E-state index contributed by atoms with van der Waals surface area (Å²) in [4.78, 5) is 12.6. The Morgan fingerprint density at radius 3 is 0.956 bits per heavy atom. The van der Waals surface area contributed by atoms with Gasteiger partial charge in [0.15, 0.2) is 0 Å². The molecule has 0 amide bonds. The van der Waals surface area contributed by atoms with E-state index >= 15 is 0 Å². The molecule has 0 saturated carbocycles. The second-order valence-corrected chi connectivity index (χ2v) is 10.1. The van der Waals surface area contributed by atoms with E-state index in [2.05, 4.69) is 66.3 Å². The van der Waals surface area contributed by atoms with Crippen molar-refractivity contribution in [2.45, 2.75) is 40.0 Å². The van der Waals surface area contributed by atoms with Gasteiger partial charge in [0.05, 0.1) is 16.7 Å². The van der Waals surface area contributed by atoms with Crippen LogP contribution in [0, 0.1) is 0 Å². The fourth-order valence-corrected chi connectivity index (χ4v) is 5.55. The molecule has 0 unspecified atom stereocenters. The maximum atomic E-state index is 6.33. The molecule has 6 aromatic heterocycles. The Balaban J connectivity index is 1.50. The van der Waals surface area contributed by atoms with Gasteiger partial charge < -0.3 is 13.3 Å². The molecule has 0 aliphatic carbocycles. The minimum Gasteiger partial charge on any atom is -0.416 e. The fraction of sp³-hybridized carbons (Fsp3) is 0.182. The summed E-state index contributed by atoms with van der Waals surface area (Å²) in [6.07, 6.45) is 12.0. The van der Waals surface area contributed by atoms with Crippen LogP contribution in [0.15, 0.2) is 86.8 Å². The third-order valence-corrected chi connectivity index (χ3v) is 7.51. The lowest BCUT2D eigenvalue weighted by Crippen LogP contribution is -2.07. The van der Waals surface area contributed by atoms with Crippen LogP contribution in [-0.4, -0.2) is 45.5 Å². The fourth-order valence-electron chi connectivity index (χ4n) is 5.55. The van der Waals surface area contributed by atoms with Gasteiger partial charge in [-0.2, -0.15) is 0 Å². The number of nitrogens with zero attached hydrogens (tertiary/aromatic N) is 9. The van der Waals surface area contributed by atoms with Crippen LogP contribution in [0.3, 0.4) is 0 Å². The van der Waals surface area contributed by atoms with Gasteiger partial charge in [0.1, 0.15) is 0 Å². The maximum Gasteiger partial charge on any atom is 0.249 e. The molecule has 0 N–H and O–H groups in total. The molecule has 0 fully saturated rings. The van der Waals surface area contributed by atoms with E-state index in [0.29, 0.717) is 71.3 Å². The molecule has 222 valence electrons. The van der Waals surface area contributed by atoms with Crippen molar-refractivity contribution in [1.29, 1.82) is 0 Å². The molecule has 0 bridgehead atoms. The van der Waals surface area contributed by atoms with Gasteiger partial charge in [0.25, 0.3) is 0 Å². The summed E-state index contributed by atoms with van der Waals surface area (Å²) in [6, 6.07) is 11.1. The Bertz CT molecular complexity index is 1810. The average Bonchev–Trinajstić information content (AvgIpc) is 3.90. The number of pyridine rings is 3. The smallest absolute Gasteiger partial charge is 0.249 e. The zero-order valence-electron chi connectivity index (χ0n) is 24.8. The van der Waals surface area contributed by atoms with Crippen LogP contribution >= 0.6 is 0 Å². The van der Waals surface area contributed by atoms with E-state index in [1.54, 1.807) is 37.2 Å². The molecule has 6 heterocycles. The third kappa shape index (κ3) is 5.05. The number of hydrogen-bond acceptors (Lipinski definition) is 12. The van der Waals surface area contributed by atoms with Crippen LogP contribution < -0.4 is 0 Å². The molecule has 12 nitrogen and oxygen atoms in total. The van der Waals surface area contributed by atoms with Crippen LogP contribution in [0.4, 0.5) is 0 Å². The highest BCUT2D eigenvalue weighted by molar-refractivity contribution is 5.87. The zero-order valence-corrected chi connectivity index (χ0v) is 24.8. The molecule has 0 saturated heterocycles. The molecule has 0 aliphatic heterocycles. The largest absolute Gasteiger partial charge is 0.416 e. The molecule has 12 heteroatoms. The van der Waals surface area contributed by atoms with E-state index in [0.717, 1.165) is 33.4 Å². The Labute approximate surface area is 257 Å².